The first-order chi connectivity index (χ1) is 7.79. The van der Waals surface area contributed by atoms with Gasteiger partial charge >= 0.3 is 0 Å². The second-order valence-electron chi connectivity index (χ2n) is 3.67. The van der Waals surface area contributed by atoms with Gasteiger partial charge in [0.15, 0.2) is 0 Å². The molecule has 0 spiro atoms. The van der Waals surface area contributed by atoms with Gasteiger partial charge in [-0.1, -0.05) is 59.8 Å². The Morgan fingerprint density at radius 3 is 2.19 bits per heavy atom. The van der Waals surface area contributed by atoms with Gasteiger partial charge in [-0.15, -0.1) is 0 Å². The summed E-state index contributed by atoms with van der Waals surface area (Å²) in [4.78, 5) is 0. The van der Waals surface area contributed by atoms with Crippen molar-refractivity contribution in [3.63, 3.8) is 0 Å². The number of rotatable bonds is 4. The van der Waals surface area contributed by atoms with Crippen molar-refractivity contribution in [3.8, 4) is 0 Å². The van der Waals surface area contributed by atoms with E-state index >= 15 is 0 Å². The Morgan fingerprint density at radius 1 is 1.12 bits per heavy atom. The molecular weight excluding hydrogens is 196 g/mol. The van der Waals surface area contributed by atoms with Gasteiger partial charge in [0.25, 0.3) is 0 Å². The summed E-state index contributed by atoms with van der Waals surface area (Å²) in [6.07, 6.45) is 9.02. The summed E-state index contributed by atoms with van der Waals surface area (Å²) in [7, 11) is 0. The molecule has 0 aromatic carbocycles. The van der Waals surface area contributed by atoms with Crippen LogP contribution in [0.4, 0.5) is 0 Å². The van der Waals surface area contributed by atoms with E-state index < -0.39 is 0 Å². The molecule has 1 rings (SSSR count). The van der Waals surface area contributed by atoms with Gasteiger partial charge in [0.05, 0.1) is 6.61 Å². The highest BCUT2D eigenvalue weighted by molar-refractivity contribution is 5.22. The minimum Gasteiger partial charge on any atom is -0.377 e. The number of allylic oxidation sites excluding steroid dienone is 2. The van der Waals surface area contributed by atoms with Crippen LogP contribution >= 0.6 is 0 Å². The summed E-state index contributed by atoms with van der Waals surface area (Å²) < 4.78 is 5.52. The van der Waals surface area contributed by atoms with Gasteiger partial charge in [-0.3, -0.25) is 0 Å². The molecule has 1 aliphatic carbocycles. The third-order valence-corrected chi connectivity index (χ3v) is 1.79. The molecule has 0 saturated heterocycles. The number of hydrogen-bond donors (Lipinski definition) is 0. The van der Waals surface area contributed by atoms with Crippen LogP contribution in [-0.2, 0) is 4.74 Å². The Bertz CT molecular complexity index is 178. The van der Waals surface area contributed by atoms with Crippen molar-refractivity contribution in [1.29, 1.82) is 0 Å². The van der Waals surface area contributed by atoms with Crippen LogP contribution in [0.3, 0.4) is 0 Å². The van der Waals surface area contributed by atoms with Crippen LogP contribution in [0.1, 0.15) is 54.4 Å². The number of hydrogen-bond acceptors (Lipinski definition) is 1. The van der Waals surface area contributed by atoms with Gasteiger partial charge in [-0.25, -0.2) is 0 Å². The van der Waals surface area contributed by atoms with Crippen molar-refractivity contribution in [2.75, 3.05) is 13.2 Å². The van der Waals surface area contributed by atoms with Crippen LogP contribution in [-0.4, -0.2) is 13.2 Å². The topological polar surface area (TPSA) is 9.23 Å². The van der Waals surface area contributed by atoms with Gasteiger partial charge in [-0.05, 0) is 24.3 Å². The highest BCUT2D eigenvalue weighted by Gasteiger charge is 1.98. The molecule has 0 fully saturated rings. The lowest BCUT2D eigenvalue weighted by Gasteiger charge is -2.09. The maximum absolute atomic E-state index is 5.52. The molecule has 0 amide bonds. The molecule has 16 heavy (non-hydrogen) atoms. The second kappa shape index (κ2) is 14.4. The smallest absolute Gasteiger partial charge is 0.0713 e. The van der Waals surface area contributed by atoms with Crippen LogP contribution in [0.5, 0.6) is 0 Å². The zero-order valence-electron chi connectivity index (χ0n) is 12.0. The van der Waals surface area contributed by atoms with Crippen molar-refractivity contribution >= 4 is 0 Å². The molecule has 0 aromatic heterocycles. The molecule has 0 bridgehead atoms. The normalized spacial score (nSPS) is 13.3. The molecular formula is C15H30O. The summed E-state index contributed by atoms with van der Waals surface area (Å²) in [5.74, 6) is 0.637. The summed E-state index contributed by atoms with van der Waals surface area (Å²) >= 11 is 0. The molecule has 0 radical (unpaired) electrons. The summed E-state index contributed by atoms with van der Waals surface area (Å²) in [6, 6.07) is 0. The minimum atomic E-state index is 0.637. The summed E-state index contributed by atoms with van der Waals surface area (Å²) in [5, 5.41) is 0. The van der Waals surface area contributed by atoms with Gasteiger partial charge in [-0.2, -0.15) is 0 Å². The molecule has 0 unspecified atom stereocenters. The molecule has 0 heterocycles. The predicted octanol–water partition coefficient (Wildman–Crippen LogP) is 4.99. The van der Waals surface area contributed by atoms with E-state index in [0.29, 0.717) is 5.92 Å². The first-order valence-corrected chi connectivity index (χ1v) is 6.72. The Morgan fingerprint density at radius 2 is 1.75 bits per heavy atom. The Labute approximate surface area is 103 Å². The zero-order valence-corrected chi connectivity index (χ0v) is 12.0. The molecule has 1 heteroatoms. The maximum atomic E-state index is 5.52. The van der Waals surface area contributed by atoms with Crippen LogP contribution in [0.15, 0.2) is 23.8 Å². The predicted molar refractivity (Wildman–Crippen MR) is 74.8 cm³/mol. The second-order valence-corrected chi connectivity index (χ2v) is 3.67. The van der Waals surface area contributed by atoms with Crippen molar-refractivity contribution in [2.45, 2.75) is 54.4 Å². The molecule has 0 atom stereocenters. The van der Waals surface area contributed by atoms with Gasteiger partial charge in [0.2, 0.25) is 0 Å². The Hall–Kier alpha value is -0.560. The summed E-state index contributed by atoms with van der Waals surface area (Å²) in [6.45, 7) is 14.0. The highest BCUT2D eigenvalue weighted by atomic mass is 16.5. The lowest BCUT2D eigenvalue weighted by atomic mass is 10.1. The van der Waals surface area contributed by atoms with E-state index in [9.17, 15) is 0 Å². The monoisotopic (exact) mass is 226 g/mol. The van der Waals surface area contributed by atoms with E-state index in [1.807, 2.05) is 27.7 Å². The van der Waals surface area contributed by atoms with Gasteiger partial charge in [0.1, 0.15) is 0 Å². The largest absolute Gasteiger partial charge is 0.377 e. The lowest BCUT2D eigenvalue weighted by Crippen LogP contribution is -2.04. The van der Waals surface area contributed by atoms with Gasteiger partial charge < -0.3 is 4.74 Å². The SMILES string of the molecule is CC.CC.CC(C)COCC1=CCCC=C1. The first-order valence-electron chi connectivity index (χ1n) is 6.72. The van der Waals surface area contributed by atoms with E-state index in [1.54, 1.807) is 0 Å². The molecule has 0 aliphatic heterocycles. The summed E-state index contributed by atoms with van der Waals surface area (Å²) in [5.41, 5.74) is 1.34. The zero-order chi connectivity index (χ0) is 12.8. The molecule has 0 N–H and O–H groups in total. The van der Waals surface area contributed by atoms with E-state index in [-0.39, 0.29) is 0 Å². The average molecular weight is 226 g/mol. The molecule has 96 valence electrons. The maximum Gasteiger partial charge on any atom is 0.0713 e. The third-order valence-electron chi connectivity index (χ3n) is 1.79. The quantitative estimate of drug-likeness (QED) is 0.656. The highest BCUT2D eigenvalue weighted by Crippen LogP contribution is 2.09. The van der Waals surface area contributed by atoms with Crippen LogP contribution < -0.4 is 0 Å². The van der Waals surface area contributed by atoms with E-state index in [4.69, 9.17) is 4.74 Å². The fraction of sp³-hybridized carbons (Fsp3) is 0.733. The Kier molecular flexibility index (Phi) is 16.1. The van der Waals surface area contributed by atoms with Crippen molar-refractivity contribution in [1.82, 2.24) is 0 Å². The molecule has 1 aliphatic rings. The van der Waals surface area contributed by atoms with Crippen LogP contribution in [0.25, 0.3) is 0 Å². The van der Waals surface area contributed by atoms with Gasteiger partial charge in [0, 0.05) is 6.61 Å². The van der Waals surface area contributed by atoms with Crippen molar-refractivity contribution < 1.29 is 4.74 Å². The van der Waals surface area contributed by atoms with E-state index in [1.165, 1.54) is 18.4 Å². The fourth-order valence-corrected chi connectivity index (χ4v) is 1.19. The number of ether oxygens (including phenoxy) is 1. The van der Waals surface area contributed by atoms with Crippen molar-refractivity contribution in [2.24, 2.45) is 5.92 Å². The molecule has 0 aromatic rings. The van der Waals surface area contributed by atoms with Crippen LogP contribution in [0, 0.1) is 5.92 Å². The van der Waals surface area contributed by atoms with Crippen LogP contribution in [0.2, 0.25) is 0 Å². The average Bonchev–Trinajstić information content (AvgIpc) is 2.35. The molecule has 0 saturated carbocycles. The Balaban J connectivity index is 0. The van der Waals surface area contributed by atoms with Crippen molar-refractivity contribution in [3.05, 3.63) is 23.8 Å². The standard InChI is InChI=1S/C11H18O.2C2H6/c1-10(2)8-12-9-11-6-4-3-5-7-11;2*1-2/h4,6-7,10H,3,5,8-9H2,1-2H3;2*1-2H3. The minimum absolute atomic E-state index is 0.637. The van der Waals surface area contributed by atoms with E-state index in [2.05, 4.69) is 32.1 Å². The fourth-order valence-electron chi connectivity index (χ4n) is 1.19. The third kappa shape index (κ3) is 11.5. The lowest BCUT2D eigenvalue weighted by molar-refractivity contribution is 0.131. The van der Waals surface area contributed by atoms with E-state index in [0.717, 1.165) is 13.2 Å². The molecule has 1 nitrogen and oxygen atoms in total. The first kappa shape index (κ1) is 17.8.